The third-order valence-corrected chi connectivity index (χ3v) is 5.97. The first-order valence-corrected chi connectivity index (χ1v) is 8.68. The molecule has 0 unspecified atom stereocenters. The lowest BCUT2D eigenvalue weighted by Gasteiger charge is -2.22. The first-order valence-electron chi connectivity index (χ1n) is 7.48. The molecular formula is C20H17ClS. The van der Waals surface area contributed by atoms with Crippen LogP contribution in [0.5, 0.6) is 0 Å². The van der Waals surface area contributed by atoms with Gasteiger partial charge in [0, 0.05) is 10.3 Å². The van der Waals surface area contributed by atoms with Gasteiger partial charge in [0.15, 0.2) is 0 Å². The Bertz CT molecular complexity index is 886. The molecule has 0 spiro atoms. The molecule has 3 aromatic rings. The smallest absolute Gasteiger partial charge is 0.0934 e. The van der Waals surface area contributed by atoms with Crippen molar-refractivity contribution in [1.29, 1.82) is 0 Å². The molecule has 0 nitrogen and oxygen atoms in total. The molecule has 2 aromatic carbocycles. The zero-order valence-corrected chi connectivity index (χ0v) is 14.5. The first kappa shape index (κ1) is 14.0. The zero-order chi connectivity index (χ0) is 15.5. The van der Waals surface area contributed by atoms with E-state index in [0.29, 0.717) is 0 Å². The van der Waals surface area contributed by atoms with E-state index >= 15 is 0 Å². The molecular weight excluding hydrogens is 308 g/mol. The standard InChI is InChI=1S/C20H17ClS/c1-12-4-6-14-15-7-5-13(18-8-9-19(21)22-18)11-17(15)20(2,3)16(14)10-12/h4-11H,1-3H3. The lowest BCUT2D eigenvalue weighted by Crippen LogP contribution is -2.15. The Kier molecular flexibility index (Phi) is 3.01. The van der Waals surface area contributed by atoms with Crippen molar-refractivity contribution >= 4 is 22.9 Å². The van der Waals surface area contributed by atoms with Gasteiger partial charge in [-0.25, -0.2) is 0 Å². The van der Waals surface area contributed by atoms with Crippen molar-refractivity contribution in [2.24, 2.45) is 0 Å². The molecule has 2 heteroatoms. The highest BCUT2D eigenvalue weighted by molar-refractivity contribution is 7.19. The number of hydrogen-bond acceptors (Lipinski definition) is 1. The Morgan fingerprint density at radius 1 is 0.864 bits per heavy atom. The Hall–Kier alpha value is -1.57. The summed E-state index contributed by atoms with van der Waals surface area (Å²) in [6.07, 6.45) is 0. The van der Waals surface area contributed by atoms with Crippen LogP contribution in [0.2, 0.25) is 4.34 Å². The maximum atomic E-state index is 6.09. The number of aryl methyl sites for hydroxylation is 1. The van der Waals surface area contributed by atoms with Crippen LogP contribution in [0.3, 0.4) is 0 Å². The summed E-state index contributed by atoms with van der Waals surface area (Å²) in [6, 6.07) is 17.7. The van der Waals surface area contributed by atoms with Crippen LogP contribution in [-0.4, -0.2) is 0 Å². The Balaban J connectivity index is 1.93. The van der Waals surface area contributed by atoms with Crippen LogP contribution >= 0.6 is 22.9 Å². The monoisotopic (exact) mass is 324 g/mol. The van der Waals surface area contributed by atoms with Gasteiger partial charge in [-0.1, -0.05) is 61.3 Å². The fourth-order valence-electron chi connectivity index (χ4n) is 3.47. The summed E-state index contributed by atoms with van der Waals surface area (Å²) in [7, 11) is 0. The van der Waals surface area contributed by atoms with Gasteiger partial charge in [-0.15, -0.1) is 11.3 Å². The van der Waals surface area contributed by atoms with Gasteiger partial charge in [0.2, 0.25) is 0 Å². The molecule has 0 atom stereocenters. The van der Waals surface area contributed by atoms with Crippen LogP contribution in [0, 0.1) is 6.92 Å². The molecule has 1 aliphatic rings. The van der Waals surface area contributed by atoms with E-state index < -0.39 is 0 Å². The lowest BCUT2D eigenvalue weighted by molar-refractivity contribution is 0.660. The van der Waals surface area contributed by atoms with Gasteiger partial charge in [-0.2, -0.15) is 0 Å². The topological polar surface area (TPSA) is 0 Å². The fourth-order valence-corrected chi connectivity index (χ4v) is 4.51. The molecule has 0 radical (unpaired) electrons. The van der Waals surface area contributed by atoms with Crippen LogP contribution in [-0.2, 0) is 5.41 Å². The van der Waals surface area contributed by atoms with Gasteiger partial charge in [0.05, 0.1) is 4.34 Å². The van der Waals surface area contributed by atoms with Crippen LogP contribution in [0.1, 0.15) is 30.5 Å². The number of benzene rings is 2. The Morgan fingerprint density at radius 2 is 1.55 bits per heavy atom. The molecule has 0 bridgehead atoms. The summed E-state index contributed by atoms with van der Waals surface area (Å²) in [6.45, 7) is 6.81. The van der Waals surface area contributed by atoms with E-state index in [1.54, 1.807) is 11.3 Å². The fraction of sp³-hybridized carbons (Fsp3) is 0.200. The normalized spacial score (nSPS) is 14.7. The van der Waals surface area contributed by atoms with Crippen molar-refractivity contribution in [2.45, 2.75) is 26.2 Å². The van der Waals surface area contributed by atoms with Gasteiger partial charge >= 0.3 is 0 Å². The minimum atomic E-state index is 0.0494. The Morgan fingerprint density at radius 3 is 2.23 bits per heavy atom. The lowest BCUT2D eigenvalue weighted by atomic mass is 9.81. The summed E-state index contributed by atoms with van der Waals surface area (Å²) < 4.78 is 0.841. The van der Waals surface area contributed by atoms with E-state index in [1.165, 1.54) is 38.3 Å². The highest BCUT2D eigenvalue weighted by Crippen LogP contribution is 2.50. The first-order chi connectivity index (χ1) is 10.5. The van der Waals surface area contributed by atoms with Gasteiger partial charge < -0.3 is 0 Å². The van der Waals surface area contributed by atoms with Crippen molar-refractivity contribution in [3.05, 3.63) is 69.6 Å². The predicted octanol–water partition coefficient (Wildman–Crippen LogP) is 6.68. The summed E-state index contributed by atoms with van der Waals surface area (Å²) in [4.78, 5) is 1.23. The minimum Gasteiger partial charge on any atom is -0.123 e. The largest absolute Gasteiger partial charge is 0.123 e. The average molecular weight is 325 g/mol. The van der Waals surface area contributed by atoms with Gasteiger partial charge in [-0.3, -0.25) is 0 Å². The molecule has 22 heavy (non-hydrogen) atoms. The summed E-state index contributed by atoms with van der Waals surface area (Å²) in [5.41, 5.74) is 8.22. The number of rotatable bonds is 1. The van der Waals surface area contributed by atoms with E-state index in [1.807, 2.05) is 6.07 Å². The quantitative estimate of drug-likeness (QED) is 0.468. The molecule has 0 aliphatic heterocycles. The molecule has 0 saturated carbocycles. The second-order valence-electron chi connectivity index (χ2n) is 6.54. The number of thiophene rings is 1. The minimum absolute atomic E-state index is 0.0494. The van der Waals surface area contributed by atoms with Crippen LogP contribution in [0.15, 0.2) is 48.5 Å². The second kappa shape index (κ2) is 4.71. The predicted molar refractivity (Wildman–Crippen MR) is 97.1 cm³/mol. The molecule has 0 amide bonds. The molecule has 4 rings (SSSR count). The van der Waals surface area contributed by atoms with Crippen molar-refractivity contribution in [3.63, 3.8) is 0 Å². The third kappa shape index (κ3) is 1.96. The molecule has 1 aliphatic carbocycles. The second-order valence-corrected chi connectivity index (χ2v) is 8.25. The molecule has 1 heterocycles. The van der Waals surface area contributed by atoms with Crippen molar-refractivity contribution in [3.8, 4) is 21.6 Å². The maximum Gasteiger partial charge on any atom is 0.0934 e. The molecule has 0 N–H and O–H groups in total. The van der Waals surface area contributed by atoms with Crippen molar-refractivity contribution < 1.29 is 0 Å². The van der Waals surface area contributed by atoms with Crippen molar-refractivity contribution in [1.82, 2.24) is 0 Å². The van der Waals surface area contributed by atoms with Crippen LogP contribution in [0.25, 0.3) is 21.6 Å². The average Bonchev–Trinajstić information content (AvgIpc) is 3.01. The van der Waals surface area contributed by atoms with Gasteiger partial charge in [0.1, 0.15) is 0 Å². The summed E-state index contributed by atoms with van der Waals surface area (Å²) in [5.74, 6) is 0. The Labute approximate surface area is 140 Å². The molecule has 0 fully saturated rings. The number of fused-ring (bicyclic) bond motifs is 3. The molecule has 1 aromatic heterocycles. The van der Waals surface area contributed by atoms with E-state index in [4.69, 9.17) is 11.6 Å². The van der Waals surface area contributed by atoms with E-state index in [0.717, 1.165) is 4.34 Å². The maximum absolute atomic E-state index is 6.09. The van der Waals surface area contributed by atoms with Crippen LogP contribution in [0.4, 0.5) is 0 Å². The van der Waals surface area contributed by atoms with E-state index in [2.05, 4.69) is 63.2 Å². The third-order valence-electron chi connectivity index (χ3n) is 4.69. The van der Waals surface area contributed by atoms with Crippen LogP contribution < -0.4 is 0 Å². The summed E-state index contributed by atoms with van der Waals surface area (Å²) in [5, 5.41) is 0. The van der Waals surface area contributed by atoms with E-state index in [-0.39, 0.29) is 5.41 Å². The zero-order valence-electron chi connectivity index (χ0n) is 12.9. The van der Waals surface area contributed by atoms with Gasteiger partial charge in [0.25, 0.3) is 0 Å². The molecule has 110 valence electrons. The van der Waals surface area contributed by atoms with E-state index in [9.17, 15) is 0 Å². The highest BCUT2D eigenvalue weighted by atomic mass is 35.5. The highest BCUT2D eigenvalue weighted by Gasteiger charge is 2.35. The number of halogens is 1. The SMILES string of the molecule is Cc1ccc2c(c1)C(C)(C)c1cc(-c3ccc(Cl)s3)ccc1-2. The number of hydrogen-bond donors (Lipinski definition) is 0. The molecule has 0 saturated heterocycles. The van der Waals surface area contributed by atoms with Crippen molar-refractivity contribution in [2.75, 3.05) is 0 Å². The van der Waals surface area contributed by atoms with Gasteiger partial charge in [-0.05, 0) is 52.9 Å². The summed E-state index contributed by atoms with van der Waals surface area (Å²) >= 11 is 7.73.